The summed E-state index contributed by atoms with van der Waals surface area (Å²) in [5, 5.41) is 0. The van der Waals surface area contributed by atoms with Crippen LogP contribution in [0.3, 0.4) is 0 Å². The van der Waals surface area contributed by atoms with Gasteiger partial charge in [0.05, 0.1) is 0 Å². The third-order valence-corrected chi connectivity index (χ3v) is 2.82. The Balaban J connectivity index is 0.00000256. The fourth-order valence-corrected chi connectivity index (χ4v) is 2.37. The van der Waals surface area contributed by atoms with Crippen LogP contribution in [0, 0.1) is 5.92 Å². The second-order valence-corrected chi connectivity index (χ2v) is 5.02. The van der Waals surface area contributed by atoms with Gasteiger partial charge in [-0.2, -0.15) is 0 Å². The molecule has 0 saturated carbocycles. The van der Waals surface area contributed by atoms with Gasteiger partial charge in [0.15, 0.2) is 0 Å². The zero-order valence-corrected chi connectivity index (χ0v) is 12.1. The van der Waals surface area contributed by atoms with Crippen molar-refractivity contribution in [3.8, 4) is 0 Å². The lowest BCUT2D eigenvalue weighted by molar-refractivity contribution is 0.186. The second kappa shape index (κ2) is 7.70. The molecule has 2 unspecified atom stereocenters. The van der Waals surface area contributed by atoms with Crippen molar-refractivity contribution in [1.29, 1.82) is 0 Å². The van der Waals surface area contributed by atoms with Crippen molar-refractivity contribution in [2.45, 2.75) is 32.9 Å². The highest BCUT2D eigenvalue weighted by atomic mass is 35.5. The van der Waals surface area contributed by atoms with E-state index in [-0.39, 0.29) is 18.4 Å². The quantitative estimate of drug-likeness (QED) is 0.877. The number of rotatable bonds is 5. The summed E-state index contributed by atoms with van der Waals surface area (Å²) < 4.78 is 0. The molecule has 1 aromatic rings. The van der Waals surface area contributed by atoms with Crippen LogP contribution in [0.15, 0.2) is 30.3 Å². The Bertz CT molecular complexity index is 298. The van der Waals surface area contributed by atoms with Crippen LogP contribution in [-0.2, 0) is 0 Å². The average Bonchev–Trinajstić information content (AvgIpc) is 2.17. The van der Waals surface area contributed by atoms with Crippen LogP contribution in [0.1, 0.15) is 32.4 Å². The van der Waals surface area contributed by atoms with Crippen LogP contribution in [0.2, 0.25) is 0 Å². The first-order chi connectivity index (χ1) is 7.52. The minimum Gasteiger partial charge on any atom is -0.327 e. The van der Waals surface area contributed by atoms with E-state index in [9.17, 15) is 0 Å². The van der Waals surface area contributed by atoms with E-state index in [2.05, 4.69) is 63.1 Å². The molecule has 0 aliphatic carbocycles. The van der Waals surface area contributed by atoms with Crippen molar-refractivity contribution in [2.75, 3.05) is 13.6 Å². The van der Waals surface area contributed by atoms with Gasteiger partial charge >= 0.3 is 0 Å². The summed E-state index contributed by atoms with van der Waals surface area (Å²) in [4.78, 5) is 2.35. The molecule has 3 heteroatoms. The van der Waals surface area contributed by atoms with Gasteiger partial charge in [0, 0.05) is 18.6 Å². The molecule has 2 N–H and O–H groups in total. The van der Waals surface area contributed by atoms with Crippen molar-refractivity contribution in [2.24, 2.45) is 11.7 Å². The first-order valence-corrected chi connectivity index (χ1v) is 6.03. The van der Waals surface area contributed by atoms with E-state index in [0.717, 1.165) is 6.54 Å². The van der Waals surface area contributed by atoms with Crippen LogP contribution in [0.4, 0.5) is 0 Å². The molecule has 0 bridgehead atoms. The van der Waals surface area contributed by atoms with Crippen molar-refractivity contribution in [3.05, 3.63) is 35.9 Å². The van der Waals surface area contributed by atoms with Gasteiger partial charge in [-0.25, -0.2) is 0 Å². The Hall–Kier alpha value is -0.570. The summed E-state index contributed by atoms with van der Waals surface area (Å²) in [7, 11) is 2.15. The van der Waals surface area contributed by atoms with Gasteiger partial charge in [0.1, 0.15) is 0 Å². The number of hydrogen-bond acceptors (Lipinski definition) is 2. The van der Waals surface area contributed by atoms with Crippen molar-refractivity contribution in [3.63, 3.8) is 0 Å². The lowest BCUT2D eigenvalue weighted by Gasteiger charge is -2.32. The summed E-state index contributed by atoms with van der Waals surface area (Å²) in [6.07, 6.45) is 0. The smallest absolute Gasteiger partial charge is 0.0368 e. The molecule has 2 nitrogen and oxygen atoms in total. The summed E-state index contributed by atoms with van der Waals surface area (Å²) in [5.74, 6) is 0.589. The maximum absolute atomic E-state index is 5.87. The van der Waals surface area contributed by atoms with Crippen molar-refractivity contribution < 1.29 is 0 Å². The molecule has 1 rings (SSSR count). The number of hydrogen-bond donors (Lipinski definition) is 1. The fraction of sp³-hybridized carbons (Fsp3) is 0.571. The standard InChI is InChI=1S/C14H24N2.ClH/c1-11(2)14(16(4)10-12(3)15)13-8-6-5-7-9-13;/h5-9,11-12,14H,10,15H2,1-4H3;1H. The van der Waals surface area contributed by atoms with Gasteiger partial charge < -0.3 is 5.73 Å². The molecule has 2 atom stereocenters. The molecule has 17 heavy (non-hydrogen) atoms. The lowest BCUT2D eigenvalue weighted by Crippen LogP contribution is -2.37. The lowest BCUT2D eigenvalue weighted by atomic mass is 9.94. The van der Waals surface area contributed by atoms with Gasteiger partial charge in [-0.1, -0.05) is 44.2 Å². The van der Waals surface area contributed by atoms with E-state index in [1.807, 2.05) is 0 Å². The molecule has 0 radical (unpaired) electrons. The van der Waals surface area contributed by atoms with E-state index >= 15 is 0 Å². The fourth-order valence-electron chi connectivity index (χ4n) is 2.37. The van der Waals surface area contributed by atoms with Gasteiger partial charge in [-0.3, -0.25) is 4.90 Å². The summed E-state index contributed by atoms with van der Waals surface area (Å²) in [5.41, 5.74) is 7.24. The van der Waals surface area contributed by atoms with Gasteiger partial charge in [-0.15, -0.1) is 12.4 Å². The minimum atomic E-state index is 0. The molecule has 0 aliphatic rings. The highest BCUT2D eigenvalue weighted by Gasteiger charge is 2.20. The van der Waals surface area contributed by atoms with Crippen molar-refractivity contribution in [1.82, 2.24) is 4.90 Å². The van der Waals surface area contributed by atoms with Crippen LogP contribution in [0.25, 0.3) is 0 Å². The highest BCUT2D eigenvalue weighted by Crippen LogP contribution is 2.27. The van der Waals surface area contributed by atoms with E-state index in [1.165, 1.54) is 5.56 Å². The third kappa shape index (κ3) is 5.07. The Labute approximate surface area is 112 Å². The zero-order valence-electron chi connectivity index (χ0n) is 11.3. The van der Waals surface area contributed by atoms with Gasteiger partial charge in [-0.05, 0) is 25.5 Å². The number of nitrogens with two attached hydrogens (primary N) is 1. The Kier molecular flexibility index (Phi) is 7.44. The normalized spacial score (nSPS) is 14.5. The van der Waals surface area contributed by atoms with E-state index < -0.39 is 0 Å². The molecule has 1 aromatic carbocycles. The number of nitrogens with zero attached hydrogens (tertiary/aromatic N) is 1. The Morgan fingerprint density at radius 2 is 1.65 bits per heavy atom. The highest BCUT2D eigenvalue weighted by molar-refractivity contribution is 5.85. The van der Waals surface area contributed by atoms with Gasteiger partial charge in [0.25, 0.3) is 0 Å². The largest absolute Gasteiger partial charge is 0.327 e. The van der Waals surface area contributed by atoms with E-state index in [0.29, 0.717) is 12.0 Å². The van der Waals surface area contributed by atoms with Gasteiger partial charge in [0.2, 0.25) is 0 Å². The first kappa shape index (κ1) is 16.4. The van der Waals surface area contributed by atoms with Crippen LogP contribution < -0.4 is 5.73 Å². The zero-order chi connectivity index (χ0) is 12.1. The Morgan fingerprint density at radius 3 is 2.06 bits per heavy atom. The summed E-state index contributed by atoms with van der Waals surface area (Å²) in [6, 6.07) is 11.3. The molecule has 0 fully saturated rings. The van der Waals surface area contributed by atoms with Crippen LogP contribution >= 0.6 is 12.4 Å². The molecule has 0 amide bonds. The Morgan fingerprint density at radius 1 is 1.12 bits per heavy atom. The summed E-state index contributed by atoms with van der Waals surface area (Å²) >= 11 is 0. The van der Waals surface area contributed by atoms with Crippen LogP contribution in [-0.4, -0.2) is 24.5 Å². The third-order valence-electron chi connectivity index (χ3n) is 2.82. The molecular formula is C14H25ClN2. The van der Waals surface area contributed by atoms with Crippen molar-refractivity contribution >= 4 is 12.4 Å². The molecule has 0 saturated heterocycles. The molecule has 0 aromatic heterocycles. The SMILES string of the molecule is CC(N)CN(C)C(c1ccccc1)C(C)C.Cl. The van der Waals surface area contributed by atoms with E-state index in [4.69, 9.17) is 5.73 Å². The predicted molar refractivity (Wildman–Crippen MR) is 77.5 cm³/mol. The monoisotopic (exact) mass is 256 g/mol. The maximum Gasteiger partial charge on any atom is 0.0368 e. The first-order valence-electron chi connectivity index (χ1n) is 6.03. The van der Waals surface area contributed by atoms with E-state index in [1.54, 1.807) is 0 Å². The average molecular weight is 257 g/mol. The summed E-state index contributed by atoms with van der Waals surface area (Å²) in [6.45, 7) is 7.50. The molecule has 98 valence electrons. The van der Waals surface area contributed by atoms with Crippen LogP contribution in [0.5, 0.6) is 0 Å². The minimum absolute atomic E-state index is 0. The maximum atomic E-state index is 5.87. The topological polar surface area (TPSA) is 29.3 Å². The number of halogens is 1. The predicted octanol–water partition coefficient (Wildman–Crippen LogP) is 3.08. The number of benzene rings is 1. The molecule has 0 heterocycles. The molecule has 0 spiro atoms. The molecular weight excluding hydrogens is 232 g/mol. The second-order valence-electron chi connectivity index (χ2n) is 5.02. The molecule has 0 aliphatic heterocycles. The number of likely N-dealkylation sites (N-methyl/N-ethyl adjacent to an activating group) is 1.